The molecule has 0 aliphatic heterocycles. The number of thiophene rings is 1. The van der Waals surface area contributed by atoms with Gasteiger partial charge in [-0.2, -0.15) is 0 Å². The van der Waals surface area contributed by atoms with Crippen molar-refractivity contribution in [3.05, 3.63) is 82.5 Å². The summed E-state index contributed by atoms with van der Waals surface area (Å²) in [4.78, 5) is 30.2. The molecule has 0 amide bonds. The van der Waals surface area contributed by atoms with E-state index in [1.54, 1.807) is 0 Å². The molecule has 7 heteroatoms. The van der Waals surface area contributed by atoms with Crippen molar-refractivity contribution in [2.75, 3.05) is 12.3 Å². The minimum atomic E-state index is -0.690. The van der Waals surface area contributed by atoms with Gasteiger partial charge >= 0.3 is 5.97 Å². The van der Waals surface area contributed by atoms with E-state index in [1.807, 2.05) is 43.3 Å². The van der Waals surface area contributed by atoms with Gasteiger partial charge in [0.05, 0.1) is 11.4 Å². The number of fused-ring (bicyclic) bond motifs is 1. The van der Waals surface area contributed by atoms with Crippen LogP contribution in [0.15, 0.2) is 60.7 Å². The number of carbonyl (C=O) groups is 2. The van der Waals surface area contributed by atoms with Crippen molar-refractivity contribution >= 4 is 39.0 Å². The molecular formula is C23H17FN2O3S. The Morgan fingerprint density at radius 2 is 1.80 bits per heavy atom. The molecule has 4 rings (SSSR count). The van der Waals surface area contributed by atoms with Crippen LogP contribution >= 0.6 is 11.3 Å². The van der Waals surface area contributed by atoms with E-state index in [0.717, 1.165) is 28.2 Å². The monoisotopic (exact) mass is 420 g/mol. The lowest BCUT2D eigenvalue weighted by Gasteiger charge is -2.05. The molecule has 0 spiro atoms. The molecule has 0 bridgehead atoms. The third kappa shape index (κ3) is 3.79. The van der Waals surface area contributed by atoms with Gasteiger partial charge in [0, 0.05) is 16.5 Å². The van der Waals surface area contributed by atoms with E-state index in [-0.39, 0.29) is 16.1 Å². The largest absolute Gasteiger partial charge is 0.453 e. The molecule has 2 aromatic carbocycles. The Labute approximate surface area is 175 Å². The number of pyridine rings is 1. The van der Waals surface area contributed by atoms with E-state index in [1.165, 1.54) is 24.3 Å². The van der Waals surface area contributed by atoms with Crippen molar-refractivity contribution in [2.24, 2.45) is 0 Å². The average molecular weight is 420 g/mol. The number of Topliss-reactive ketones (excluding diaryl/α,β-unsaturated/α-hetero) is 1. The number of rotatable bonds is 5. The molecule has 2 N–H and O–H groups in total. The second-order valence-corrected chi connectivity index (χ2v) is 7.72. The number of hydrogen-bond donors (Lipinski definition) is 1. The highest BCUT2D eigenvalue weighted by Crippen LogP contribution is 2.36. The van der Waals surface area contributed by atoms with E-state index >= 15 is 0 Å². The lowest BCUT2D eigenvalue weighted by Crippen LogP contribution is -2.14. The van der Waals surface area contributed by atoms with E-state index in [0.29, 0.717) is 10.2 Å². The normalized spacial score (nSPS) is 10.9. The van der Waals surface area contributed by atoms with Crippen LogP contribution in [0.5, 0.6) is 0 Å². The van der Waals surface area contributed by atoms with Crippen LogP contribution in [0.25, 0.3) is 21.5 Å². The molecule has 0 unspecified atom stereocenters. The first kappa shape index (κ1) is 19.7. The van der Waals surface area contributed by atoms with Crippen molar-refractivity contribution in [1.29, 1.82) is 0 Å². The van der Waals surface area contributed by atoms with Crippen molar-refractivity contribution < 1.29 is 18.7 Å². The predicted octanol–water partition coefficient (Wildman–Crippen LogP) is 5.03. The van der Waals surface area contributed by atoms with Gasteiger partial charge < -0.3 is 10.5 Å². The highest BCUT2D eigenvalue weighted by Gasteiger charge is 2.21. The maximum absolute atomic E-state index is 13.0. The van der Waals surface area contributed by atoms with E-state index in [2.05, 4.69) is 4.98 Å². The number of carbonyl (C=O) groups excluding carboxylic acids is 2. The Balaban J connectivity index is 1.58. The Bertz CT molecular complexity index is 1250. The van der Waals surface area contributed by atoms with Crippen LogP contribution in [0.4, 0.5) is 10.1 Å². The zero-order valence-electron chi connectivity index (χ0n) is 16.0. The van der Waals surface area contributed by atoms with Gasteiger partial charge in [0.2, 0.25) is 0 Å². The molecule has 4 aromatic rings. The predicted molar refractivity (Wildman–Crippen MR) is 115 cm³/mol. The maximum Gasteiger partial charge on any atom is 0.350 e. The lowest BCUT2D eigenvalue weighted by molar-refractivity contribution is 0.0480. The summed E-state index contributed by atoms with van der Waals surface area (Å²) in [6.07, 6.45) is 0. The zero-order valence-corrected chi connectivity index (χ0v) is 16.8. The maximum atomic E-state index is 13.0. The fraction of sp³-hybridized carbons (Fsp3) is 0.0870. The molecule has 0 radical (unpaired) electrons. The Morgan fingerprint density at radius 3 is 2.50 bits per heavy atom. The minimum absolute atomic E-state index is 0.203. The summed E-state index contributed by atoms with van der Waals surface area (Å²) in [7, 11) is 0. The van der Waals surface area contributed by atoms with Crippen LogP contribution in [-0.4, -0.2) is 23.3 Å². The van der Waals surface area contributed by atoms with Gasteiger partial charge in [0.25, 0.3) is 0 Å². The van der Waals surface area contributed by atoms with Crippen LogP contribution in [0.1, 0.15) is 25.6 Å². The van der Waals surface area contributed by atoms with Gasteiger partial charge in [-0.15, -0.1) is 11.3 Å². The number of ether oxygens (including phenoxy) is 1. The number of benzene rings is 2. The summed E-state index contributed by atoms with van der Waals surface area (Å²) in [6.45, 7) is 1.48. The third-order valence-corrected chi connectivity index (χ3v) is 5.74. The van der Waals surface area contributed by atoms with Gasteiger partial charge in [0.15, 0.2) is 12.4 Å². The zero-order chi connectivity index (χ0) is 21.3. The Hall–Kier alpha value is -3.58. The molecule has 2 heterocycles. The Kier molecular flexibility index (Phi) is 5.29. The quantitative estimate of drug-likeness (QED) is 0.362. The number of esters is 1. The molecule has 5 nitrogen and oxygen atoms in total. The number of anilines is 1. The summed E-state index contributed by atoms with van der Waals surface area (Å²) in [5.41, 5.74) is 9.44. The summed E-state index contributed by atoms with van der Waals surface area (Å²) in [6, 6.07) is 16.7. The summed E-state index contributed by atoms with van der Waals surface area (Å²) in [5.74, 6) is -1.56. The summed E-state index contributed by atoms with van der Waals surface area (Å²) >= 11 is 1.13. The molecule has 30 heavy (non-hydrogen) atoms. The fourth-order valence-corrected chi connectivity index (χ4v) is 4.07. The number of nitrogens with zero attached hydrogens (tertiary/aromatic N) is 1. The highest BCUT2D eigenvalue weighted by atomic mass is 32.1. The van der Waals surface area contributed by atoms with Crippen LogP contribution in [-0.2, 0) is 4.74 Å². The Morgan fingerprint density at radius 1 is 1.10 bits per heavy atom. The molecule has 0 saturated carbocycles. The second kappa shape index (κ2) is 8.04. The molecule has 0 aliphatic rings. The first-order valence-corrected chi connectivity index (χ1v) is 9.96. The van der Waals surface area contributed by atoms with Crippen molar-refractivity contribution in [1.82, 2.24) is 4.98 Å². The number of ketones is 1. The summed E-state index contributed by atoms with van der Waals surface area (Å²) < 4.78 is 18.1. The van der Waals surface area contributed by atoms with E-state index in [9.17, 15) is 14.0 Å². The number of aryl methyl sites for hydroxylation is 1. The van der Waals surface area contributed by atoms with Crippen LogP contribution in [0.3, 0.4) is 0 Å². The summed E-state index contributed by atoms with van der Waals surface area (Å²) in [5, 5.41) is 0.675. The van der Waals surface area contributed by atoms with E-state index < -0.39 is 24.2 Å². The highest BCUT2D eigenvalue weighted by molar-refractivity contribution is 7.21. The van der Waals surface area contributed by atoms with Gasteiger partial charge in [0.1, 0.15) is 15.5 Å². The van der Waals surface area contributed by atoms with Crippen LogP contribution in [0, 0.1) is 12.7 Å². The first-order valence-electron chi connectivity index (χ1n) is 9.15. The molecular weight excluding hydrogens is 403 g/mol. The molecule has 0 saturated heterocycles. The van der Waals surface area contributed by atoms with Gasteiger partial charge in [-0.05, 0) is 42.8 Å². The van der Waals surface area contributed by atoms with Crippen molar-refractivity contribution in [2.45, 2.75) is 6.92 Å². The molecule has 150 valence electrons. The number of hydrogen-bond acceptors (Lipinski definition) is 6. The van der Waals surface area contributed by atoms with Crippen molar-refractivity contribution in [3.63, 3.8) is 0 Å². The van der Waals surface area contributed by atoms with Gasteiger partial charge in [-0.1, -0.05) is 30.3 Å². The SMILES string of the molecule is Cc1cc2c(N)c(C(=O)OCC(=O)c3ccc(F)cc3)sc2nc1-c1ccccc1. The fourth-order valence-electron chi connectivity index (χ4n) is 3.10. The van der Waals surface area contributed by atoms with Gasteiger partial charge in [-0.25, -0.2) is 14.2 Å². The number of nitrogens with two attached hydrogens (primary N) is 1. The number of aromatic nitrogens is 1. The smallest absolute Gasteiger partial charge is 0.350 e. The molecule has 2 aromatic heterocycles. The van der Waals surface area contributed by atoms with Crippen molar-refractivity contribution in [3.8, 4) is 11.3 Å². The van der Waals surface area contributed by atoms with E-state index in [4.69, 9.17) is 10.5 Å². The second-order valence-electron chi connectivity index (χ2n) is 6.72. The topological polar surface area (TPSA) is 82.3 Å². The lowest BCUT2D eigenvalue weighted by atomic mass is 10.1. The van der Waals surface area contributed by atoms with Crippen LogP contribution < -0.4 is 5.73 Å². The first-order chi connectivity index (χ1) is 14.4. The van der Waals surface area contributed by atoms with Crippen LogP contribution in [0.2, 0.25) is 0 Å². The standard InChI is InChI=1S/C23H17FN2O3S/c1-13-11-17-19(25)21(30-22(17)26-20(13)15-5-3-2-4-6-15)23(28)29-12-18(27)14-7-9-16(24)10-8-14/h2-11H,12,25H2,1H3. The molecule has 0 fully saturated rings. The average Bonchev–Trinajstić information content (AvgIpc) is 3.08. The molecule has 0 atom stereocenters. The number of nitrogen functional groups attached to an aromatic ring is 1. The number of halogens is 1. The van der Waals surface area contributed by atoms with Gasteiger partial charge in [-0.3, -0.25) is 4.79 Å². The minimum Gasteiger partial charge on any atom is -0.453 e. The molecule has 0 aliphatic carbocycles. The third-order valence-electron chi connectivity index (χ3n) is 4.64.